The van der Waals surface area contributed by atoms with Crippen molar-refractivity contribution in [1.29, 1.82) is 5.26 Å². The van der Waals surface area contributed by atoms with E-state index in [9.17, 15) is 4.79 Å². The number of amides is 1. The second-order valence-electron chi connectivity index (χ2n) is 6.39. The van der Waals surface area contributed by atoms with E-state index in [-0.39, 0.29) is 18.6 Å². The van der Waals surface area contributed by atoms with Gasteiger partial charge in [0.05, 0.1) is 25.2 Å². The number of rotatable bonds is 4. The molecular weight excluding hydrogens is 260 g/mol. The molecule has 2 unspecified atom stereocenters. The van der Waals surface area contributed by atoms with Crippen LogP contribution in [0.4, 0.5) is 4.79 Å². The second-order valence-corrected chi connectivity index (χ2v) is 6.39. The largest absolute Gasteiger partial charge is 0.444 e. The lowest BCUT2D eigenvalue weighted by molar-refractivity contribution is -0.139. The Hall–Kier alpha value is -1.32. The highest BCUT2D eigenvalue weighted by Crippen LogP contribution is 2.25. The first-order chi connectivity index (χ1) is 9.11. The van der Waals surface area contributed by atoms with Crippen molar-refractivity contribution in [2.24, 2.45) is 0 Å². The number of alkyl carbamates (subject to hydrolysis) is 1. The SMILES string of the molecule is CC(C)(C)OC(=O)NC(CC#N)CC1COC(C)(C)O1. The Balaban J connectivity index is 2.49. The van der Waals surface area contributed by atoms with Crippen LogP contribution in [-0.4, -0.2) is 36.2 Å². The molecule has 1 heterocycles. The van der Waals surface area contributed by atoms with Gasteiger partial charge in [-0.25, -0.2) is 4.79 Å². The number of hydrogen-bond acceptors (Lipinski definition) is 5. The summed E-state index contributed by atoms with van der Waals surface area (Å²) in [6.07, 6.45) is 0.0877. The van der Waals surface area contributed by atoms with Gasteiger partial charge in [-0.3, -0.25) is 0 Å². The van der Waals surface area contributed by atoms with Gasteiger partial charge in [-0.1, -0.05) is 0 Å². The molecule has 1 N–H and O–H groups in total. The van der Waals surface area contributed by atoms with Gasteiger partial charge in [-0.15, -0.1) is 0 Å². The van der Waals surface area contributed by atoms with Gasteiger partial charge < -0.3 is 19.5 Å². The highest BCUT2D eigenvalue weighted by Gasteiger charge is 2.34. The van der Waals surface area contributed by atoms with Crippen LogP contribution in [0, 0.1) is 11.3 Å². The number of nitrogens with zero attached hydrogens (tertiary/aromatic N) is 1. The van der Waals surface area contributed by atoms with Gasteiger partial charge in [-0.05, 0) is 41.0 Å². The minimum atomic E-state index is -0.603. The maximum Gasteiger partial charge on any atom is 0.407 e. The maximum atomic E-state index is 11.7. The zero-order chi connectivity index (χ0) is 15.4. The van der Waals surface area contributed by atoms with Gasteiger partial charge in [0.15, 0.2) is 5.79 Å². The fourth-order valence-electron chi connectivity index (χ4n) is 1.97. The molecule has 1 aliphatic heterocycles. The Morgan fingerprint density at radius 3 is 2.65 bits per heavy atom. The third-order valence-corrected chi connectivity index (χ3v) is 2.67. The Morgan fingerprint density at radius 2 is 2.20 bits per heavy atom. The van der Waals surface area contributed by atoms with Crippen LogP contribution in [0.2, 0.25) is 0 Å². The molecule has 0 aromatic carbocycles. The van der Waals surface area contributed by atoms with Crippen LogP contribution in [0.5, 0.6) is 0 Å². The zero-order valence-electron chi connectivity index (χ0n) is 12.9. The summed E-state index contributed by atoms with van der Waals surface area (Å²) in [6, 6.07) is 1.76. The van der Waals surface area contributed by atoms with E-state index in [1.54, 1.807) is 20.8 Å². The summed E-state index contributed by atoms with van der Waals surface area (Å²) < 4.78 is 16.3. The van der Waals surface area contributed by atoms with Crippen LogP contribution in [0.15, 0.2) is 0 Å². The molecular formula is C14H24N2O4. The quantitative estimate of drug-likeness (QED) is 0.857. The van der Waals surface area contributed by atoms with Crippen molar-refractivity contribution in [3.8, 4) is 6.07 Å². The van der Waals surface area contributed by atoms with E-state index >= 15 is 0 Å². The molecule has 0 aromatic rings. The second kappa shape index (κ2) is 6.42. The normalized spacial score (nSPS) is 22.9. The van der Waals surface area contributed by atoms with Gasteiger partial charge in [-0.2, -0.15) is 5.26 Å². The van der Waals surface area contributed by atoms with E-state index in [1.807, 2.05) is 13.8 Å². The predicted octanol–water partition coefficient (Wildman–Crippen LogP) is 2.33. The minimum absolute atomic E-state index is 0.127. The van der Waals surface area contributed by atoms with E-state index in [4.69, 9.17) is 19.5 Å². The summed E-state index contributed by atoms with van der Waals surface area (Å²) in [5.74, 6) is -0.603. The number of carbonyl (C=O) groups is 1. The maximum absolute atomic E-state index is 11.7. The van der Waals surface area contributed by atoms with E-state index in [0.29, 0.717) is 13.0 Å². The molecule has 0 aromatic heterocycles. The summed E-state index contributed by atoms with van der Waals surface area (Å²) in [4.78, 5) is 11.7. The standard InChI is InChI=1S/C14H24N2O4/c1-13(2,3)20-12(17)16-10(6-7-15)8-11-9-18-14(4,5)19-11/h10-11H,6,8-9H2,1-5H3,(H,16,17). The number of nitriles is 1. The summed E-state index contributed by atoms with van der Waals surface area (Å²) in [5.41, 5.74) is -0.559. The molecule has 6 nitrogen and oxygen atoms in total. The first-order valence-electron chi connectivity index (χ1n) is 6.79. The highest BCUT2D eigenvalue weighted by molar-refractivity contribution is 5.68. The average Bonchev–Trinajstić information content (AvgIpc) is 2.55. The third kappa shape index (κ3) is 6.22. The molecule has 1 fully saturated rings. The van der Waals surface area contributed by atoms with Crippen LogP contribution >= 0.6 is 0 Å². The molecule has 2 atom stereocenters. The van der Waals surface area contributed by atoms with Crippen molar-refractivity contribution in [2.75, 3.05) is 6.61 Å². The fraction of sp³-hybridized carbons (Fsp3) is 0.857. The lowest BCUT2D eigenvalue weighted by Gasteiger charge is -2.24. The molecule has 0 bridgehead atoms. The van der Waals surface area contributed by atoms with Crippen LogP contribution < -0.4 is 5.32 Å². The van der Waals surface area contributed by atoms with Gasteiger partial charge in [0.2, 0.25) is 0 Å². The van der Waals surface area contributed by atoms with Crippen LogP contribution in [0.3, 0.4) is 0 Å². The van der Waals surface area contributed by atoms with Gasteiger partial charge in [0, 0.05) is 6.04 Å². The van der Waals surface area contributed by atoms with E-state index in [2.05, 4.69) is 11.4 Å². The Kier molecular flexibility index (Phi) is 5.37. The monoisotopic (exact) mass is 284 g/mol. The Morgan fingerprint density at radius 1 is 1.55 bits per heavy atom. The average molecular weight is 284 g/mol. The van der Waals surface area contributed by atoms with E-state index in [1.165, 1.54) is 0 Å². The molecule has 0 radical (unpaired) electrons. The van der Waals surface area contributed by atoms with E-state index < -0.39 is 17.5 Å². The Bertz CT molecular complexity index is 382. The van der Waals surface area contributed by atoms with Crippen LogP contribution in [0.1, 0.15) is 47.5 Å². The van der Waals surface area contributed by atoms with Gasteiger partial charge in [0.25, 0.3) is 0 Å². The van der Waals surface area contributed by atoms with Gasteiger partial charge in [0.1, 0.15) is 5.60 Å². The van der Waals surface area contributed by atoms with Crippen molar-refractivity contribution < 1.29 is 19.0 Å². The number of nitrogens with one attached hydrogen (secondary N) is 1. The first kappa shape index (κ1) is 16.7. The van der Waals surface area contributed by atoms with Crippen molar-refractivity contribution in [3.05, 3.63) is 0 Å². The molecule has 0 aliphatic carbocycles. The van der Waals surface area contributed by atoms with Gasteiger partial charge >= 0.3 is 6.09 Å². The summed E-state index contributed by atoms with van der Waals surface area (Å²) in [7, 11) is 0. The lowest BCUT2D eigenvalue weighted by atomic mass is 10.1. The third-order valence-electron chi connectivity index (χ3n) is 2.67. The molecule has 0 spiro atoms. The molecule has 1 amide bonds. The predicted molar refractivity (Wildman–Crippen MR) is 72.9 cm³/mol. The fourth-order valence-corrected chi connectivity index (χ4v) is 1.97. The molecule has 1 rings (SSSR count). The number of ether oxygens (including phenoxy) is 3. The molecule has 1 aliphatic rings. The Labute approximate surface area is 120 Å². The first-order valence-corrected chi connectivity index (χ1v) is 6.79. The lowest BCUT2D eigenvalue weighted by Crippen LogP contribution is -2.41. The van der Waals surface area contributed by atoms with Crippen molar-refractivity contribution in [3.63, 3.8) is 0 Å². The smallest absolute Gasteiger partial charge is 0.407 e. The molecule has 1 saturated heterocycles. The topological polar surface area (TPSA) is 80.6 Å². The van der Waals surface area contributed by atoms with Crippen molar-refractivity contribution in [2.45, 2.75) is 71.0 Å². The molecule has 20 heavy (non-hydrogen) atoms. The number of hydrogen-bond donors (Lipinski definition) is 1. The van der Waals surface area contributed by atoms with Crippen molar-refractivity contribution in [1.82, 2.24) is 5.32 Å². The highest BCUT2D eigenvalue weighted by atomic mass is 16.7. The molecule has 6 heteroatoms. The van der Waals surface area contributed by atoms with Crippen LogP contribution in [0.25, 0.3) is 0 Å². The zero-order valence-corrected chi connectivity index (χ0v) is 12.9. The van der Waals surface area contributed by atoms with E-state index in [0.717, 1.165) is 0 Å². The summed E-state index contributed by atoms with van der Waals surface area (Å²) >= 11 is 0. The number of carbonyl (C=O) groups excluding carboxylic acids is 1. The molecule has 0 saturated carbocycles. The minimum Gasteiger partial charge on any atom is -0.444 e. The summed E-state index contributed by atoms with van der Waals surface area (Å²) in [6.45, 7) is 9.53. The molecule has 114 valence electrons. The summed E-state index contributed by atoms with van der Waals surface area (Å²) in [5, 5.41) is 11.6. The van der Waals surface area contributed by atoms with Crippen molar-refractivity contribution >= 4 is 6.09 Å². The van der Waals surface area contributed by atoms with Crippen LogP contribution in [-0.2, 0) is 14.2 Å².